The standard InChI is InChI=1S/C24H28ClNO/c1-2-8-18(9-5-3-4-6-16-27)23-22-14-13-21(25)17-20(22)12-11-19-10-7-15-26-24(19)23/h7,10,13-17H,2-6,8-9,11-12H2,1H3/b23-18+. The van der Waals surface area contributed by atoms with E-state index in [-0.39, 0.29) is 0 Å². The van der Waals surface area contributed by atoms with Crippen molar-refractivity contribution in [3.05, 3.63) is 69.5 Å². The molecular formula is C24H28ClNO. The zero-order valence-electron chi connectivity index (χ0n) is 16.1. The van der Waals surface area contributed by atoms with Crippen molar-refractivity contribution in [1.82, 2.24) is 4.98 Å². The number of allylic oxidation sites excluding steroid dienone is 1. The molecule has 0 aliphatic heterocycles. The molecule has 0 atom stereocenters. The lowest BCUT2D eigenvalue weighted by molar-refractivity contribution is -0.107. The fourth-order valence-electron chi connectivity index (χ4n) is 4.05. The molecule has 0 radical (unpaired) electrons. The van der Waals surface area contributed by atoms with Crippen molar-refractivity contribution >= 4 is 23.5 Å². The highest BCUT2D eigenvalue weighted by molar-refractivity contribution is 6.30. The summed E-state index contributed by atoms with van der Waals surface area (Å²) in [6.45, 7) is 2.24. The average molecular weight is 382 g/mol. The molecule has 0 amide bonds. The summed E-state index contributed by atoms with van der Waals surface area (Å²) in [5, 5.41) is 0.804. The van der Waals surface area contributed by atoms with Gasteiger partial charge in [-0.05, 0) is 73.4 Å². The Labute approximate surface area is 167 Å². The molecule has 0 N–H and O–H groups in total. The van der Waals surface area contributed by atoms with Crippen LogP contribution in [0.5, 0.6) is 0 Å². The lowest BCUT2D eigenvalue weighted by atomic mass is 9.88. The number of carbonyl (C=O) groups is 1. The predicted molar refractivity (Wildman–Crippen MR) is 113 cm³/mol. The van der Waals surface area contributed by atoms with Crippen LogP contribution in [0.15, 0.2) is 42.1 Å². The Kier molecular flexibility index (Phi) is 7.23. The Hall–Kier alpha value is -1.93. The zero-order chi connectivity index (χ0) is 19.1. The Bertz CT molecular complexity index is 825. The van der Waals surface area contributed by atoms with Gasteiger partial charge in [-0.3, -0.25) is 4.98 Å². The van der Waals surface area contributed by atoms with Gasteiger partial charge in [-0.25, -0.2) is 0 Å². The Morgan fingerprint density at radius 2 is 1.96 bits per heavy atom. The molecule has 142 valence electrons. The van der Waals surface area contributed by atoms with Crippen molar-refractivity contribution in [2.75, 3.05) is 0 Å². The third-order valence-corrected chi connectivity index (χ3v) is 5.57. The van der Waals surface area contributed by atoms with Crippen LogP contribution in [0, 0.1) is 0 Å². The van der Waals surface area contributed by atoms with E-state index in [9.17, 15) is 4.79 Å². The topological polar surface area (TPSA) is 30.0 Å². The molecule has 1 aliphatic rings. The Morgan fingerprint density at radius 3 is 2.78 bits per heavy atom. The van der Waals surface area contributed by atoms with Crippen LogP contribution in [-0.4, -0.2) is 11.3 Å². The van der Waals surface area contributed by atoms with E-state index in [0.717, 1.165) is 68.4 Å². The number of rotatable bonds is 8. The van der Waals surface area contributed by atoms with E-state index in [0.29, 0.717) is 6.42 Å². The third-order valence-electron chi connectivity index (χ3n) is 5.33. The molecule has 1 heterocycles. The van der Waals surface area contributed by atoms with Gasteiger partial charge in [-0.1, -0.05) is 49.1 Å². The molecule has 0 spiro atoms. The van der Waals surface area contributed by atoms with Crippen molar-refractivity contribution in [2.24, 2.45) is 0 Å². The molecule has 0 unspecified atom stereocenters. The number of aryl methyl sites for hydroxylation is 2. The van der Waals surface area contributed by atoms with Crippen LogP contribution in [0.3, 0.4) is 0 Å². The number of benzene rings is 1. The number of pyridine rings is 1. The maximum Gasteiger partial charge on any atom is 0.119 e. The molecule has 1 aromatic carbocycles. The third kappa shape index (κ3) is 4.87. The first-order chi connectivity index (χ1) is 13.2. The highest BCUT2D eigenvalue weighted by Crippen LogP contribution is 2.38. The Morgan fingerprint density at radius 1 is 1.11 bits per heavy atom. The summed E-state index contributed by atoms with van der Waals surface area (Å²) in [6, 6.07) is 10.6. The summed E-state index contributed by atoms with van der Waals surface area (Å²) < 4.78 is 0. The van der Waals surface area contributed by atoms with Crippen LogP contribution < -0.4 is 0 Å². The molecule has 0 bridgehead atoms. The second-order valence-electron chi connectivity index (χ2n) is 7.31. The number of aldehydes is 1. The largest absolute Gasteiger partial charge is 0.303 e. The molecule has 3 heteroatoms. The summed E-state index contributed by atoms with van der Waals surface area (Å²) in [7, 11) is 0. The summed E-state index contributed by atoms with van der Waals surface area (Å²) >= 11 is 6.30. The summed E-state index contributed by atoms with van der Waals surface area (Å²) in [6.07, 6.45) is 12.1. The Balaban J connectivity index is 2.05. The fourth-order valence-corrected chi connectivity index (χ4v) is 4.25. The number of fused-ring (bicyclic) bond motifs is 2. The van der Waals surface area contributed by atoms with E-state index in [4.69, 9.17) is 16.6 Å². The van der Waals surface area contributed by atoms with Crippen LogP contribution >= 0.6 is 11.6 Å². The van der Waals surface area contributed by atoms with Gasteiger partial charge in [0, 0.05) is 23.2 Å². The number of halogens is 1. The van der Waals surface area contributed by atoms with Crippen molar-refractivity contribution in [3.8, 4) is 0 Å². The van der Waals surface area contributed by atoms with E-state index in [1.807, 2.05) is 18.3 Å². The number of nitrogens with zero attached hydrogens (tertiary/aromatic N) is 1. The van der Waals surface area contributed by atoms with Crippen molar-refractivity contribution in [2.45, 2.75) is 64.7 Å². The minimum atomic E-state index is 0.672. The van der Waals surface area contributed by atoms with Crippen LogP contribution in [0.1, 0.15) is 74.3 Å². The van der Waals surface area contributed by atoms with E-state index >= 15 is 0 Å². The van der Waals surface area contributed by atoms with Gasteiger partial charge in [0.25, 0.3) is 0 Å². The molecule has 0 fully saturated rings. The minimum absolute atomic E-state index is 0.672. The maximum atomic E-state index is 10.6. The van der Waals surface area contributed by atoms with Crippen LogP contribution in [0.2, 0.25) is 5.02 Å². The molecule has 3 rings (SSSR count). The normalized spacial score (nSPS) is 14.9. The molecule has 2 aromatic rings. The number of carbonyl (C=O) groups excluding carboxylic acids is 1. The van der Waals surface area contributed by atoms with Gasteiger partial charge in [0.05, 0.1) is 5.69 Å². The lowest BCUT2D eigenvalue weighted by Gasteiger charge is -2.18. The maximum absolute atomic E-state index is 10.6. The first kappa shape index (κ1) is 19.8. The highest BCUT2D eigenvalue weighted by atomic mass is 35.5. The quantitative estimate of drug-likeness (QED) is 0.381. The van der Waals surface area contributed by atoms with Crippen LogP contribution in [0.25, 0.3) is 5.57 Å². The van der Waals surface area contributed by atoms with Gasteiger partial charge in [0.15, 0.2) is 0 Å². The average Bonchev–Trinajstić information content (AvgIpc) is 2.84. The van der Waals surface area contributed by atoms with Gasteiger partial charge in [-0.2, -0.15) is 0 Å². The van der Waals surface area contributed by atoms with E-state index < -0.39 is 0 Å². The van der Waals surface area contributed by atoms with Crippen LogP contribution in [-0.2, 0) is 17.6 Å². The molecule has 27 heavy (non-hydrogen) atoms. The number of hydrogen-bond donors (Lipinski definition) is 0. The van der Waals surface area contributed by atoms with Gasteiger partial charge >= 0.3 is 0 Å². The number of hydrogen-bond acceptors (Lipinski definition) is 2. The first-order valence-corrected chi connectivity index (χ1v) is 10.5. The second-order valence-corrected chi connectivity index (χ2v) is 7.74. The lowest BCUT2D eigenvalue weighted by Crippen LogP contribution is -2.01. The summed E-state index contributed by atoms with van der Waals surface area (Å²) in [5.41, 5.74) is 7.92. The smallest absolute Gasteiger partial charge is 0.119 e. The van der Waals surface area contributed by atoms with E-state index in [2.05, 4.69) is 25.1 Å². The van der Waals surface area contributed by atoms with Gasteiger partial charge in [-0.15, -0.1) is 0 Å². The molecule has 0 saturated carbocycles. The minimum Gasteiger partial charge on any atom is -0.303 e. The van der Waals surface area contributed by atoms with Crippen molar-refractivity contribution in [3.63, 3.8) is 0 Å². The predicted octanol–water partition coefficient (Wildman–Crippen LogP) is 6.59. The van der Waals surface area contributed by atoms with Gasteiger partial charge < -0.3 is 4.79 Å². The van der Waals surface area contributed by atoms with E-state index in [1.165, 1.54) is 27.8 Å². The van der Waals surface area contributed by atoms with E-state index in [1.54, 1.807) is 0 Å². The molecule has 1 aliphatic carbocycles. The summed E-state index contributed by atoms with van der Waals surface area (Å²) in [4.78, 5) is 15.4. The second kappa shape index (κ2) is 9.85. The van der Waals surface area contributed by atoms with Crippen molar-refractivity contribution < 1.29 is 4.79 Å². The monoisotopic (exact) mass is 381 g/mol. The zero-order valence-corrected chi connectivity index (χ0v) is 16.9. The SMILES string of the molecule is CCC/C(CCCCCC=O)=C1/c2ccc(Cl)cc2CCc2cccnc21. The molecule has 1 aromatic heterocycles. The highest BCUT2D eigenvalue weighted by Gasteiger charge is 2.22. The van der Waals surface area contributed by atoms with Gasteiger partial charge in [0.2, 0.25) is 0 Å². The van der Waals surface area contributed by atoms with Gasteiger partial charge in [0.1, 0.15) is 6.29 Å². The fraction of sp³-hybridized carbons (Fsp3) is 0.417. The molecule has 2 nitrogen and oxygen atoms in total. The number of unbranched alkanes of at least 4 members (excludes halogenated alkanes) is 3. The molecule has 0 saturated heterocycles. The number of aromatic nitrogens is 1. The van der Waals surface area contributed by atoms with Crippen LogP contribution in [0.4, 0.5) is 0 Å². The molecular weight excluding hydrogens is 354 g/mol. The van der Waals surface area contributed by atoms with Crippen molar-refractivity contribution in [1.29, 1.82) is 0 Å². The first-order valence-electron chi connectivity index (χ1n) is 10.1. The summed E-state index contributed by atoms with van der Waals surface area (Å²) in [5.74, 6) is 0.